The van der Waals surface area contributed by atoms with Crippen molar-refractivity contribution in [1.82, 2.24) is 4.90 Å². The van der Waals surface area contributed by atoms with Gasteiger partial charge in [0.25, 0.3) is 5.24 Å². The first-order valence-electron chi connectivity index (χ1n) is 5.03. The van der Waals surface area contributed by atoms with Gasteiger partial charge in [0.2, 0.25) is 0 Å². The lowest BCUT2D eigenvalue weighted by Gasteiger charge is -2.23. The van der Waals surface area contributed by atoms with Crippen LogP contribution in [0.3, 0.4) is 0 Å². The van der Waals surface area contributed by atoms with E-state index in [-0.39, 0.29) is 5.24 Å². The molecule has 0 N–H and O–H groups in total. The van der Waals surface area contributed by atoms with Crippen molar-refractivity contribution >= 4 is 17.0 Å². The highest BCUT2D eigenvalue weighted by Crippen LogP contribution is 2.45. The van der Waals surface area contributed by atoms with Gasteiger partial charge in [0.05, 0.1) is 0 Å². The average molecular weight is 201 g/mol. The van der Waals surface area contributed by atoms with Gasteiger partial charge in [-0.15, -0.1) is 0 Å². The standard InChI is InChI=1S/C10H19NOS/c1-4-11(9(12)13-5-2)8-10(3)6-7-10/h4-8H2,1-3H3. The molecule has 0 bridgehead atoms. The number of nitrogens with zero attached hydrogens (tertiary/aromatic N) is 1. The Morgan fingerprint density at radius 1 is 1.46 bits per heavy atom. The number of hydrogen-bond donors (Lipinski definition) is 0. The quantitative estimate of drug-likeness (QED) is 0.697. The van der Waals surface area contributed by atoms with Crippen LogP contribution < -0.4 is 0 Å². The van der Waals surface area contributed by atoms with Crippen molar-refractivity contribution in [3.05, 3.63) is 0 Å². The minimum atomic E-state index is 0.248. The van der Waals surface area contributed by atoms with E-state index in [4.69, 9.17) is 0 Å². The topological polar surface area (TPSA) is 20.3 Å². The molecule has 2 nitrogen and oxygen atoms in total. The van der Waals surface area contributed by atoms with Gasteiger partial charge in [-0.25, -0.2) is 0 Å². The average Bonchev–Trinajstić information content (AvgIpc) is 2.81. The van der Waals surface area contributed by atoms with E-state index in [1.165, 1.54) is 24.6 Å². The normalized spacial score (nSPS) is 18.4. The highest BCUT2D eigenvalue weighted by molar-refractivity contribution is 8.13. The Bertz CT molecular complexity index is 189. The van der Waals surface area contributed by atoms with Crippen LogP contribution in [-0.4, -0.2) is 29.0 Å². The number of carbonyl (C=O) groups excluding carboxylic acids is 1. The third-order valence-electron chi connectivity index (χ3n) is 2.58. The van der Waals surface area contributed by atoms with Gasteiger partial charge >= 0.3 is 0 Å². The van der Waals surface area contributed by atoms with E-state index < -0.39 is 0 Å². The zero-order chi connectivity index (χ0) is 9.90. The summed E-state index contributed by atoms with van der Waals surface area (Å²) >= 11 is 1.42. The van der Waals surface area contributed by atoms with Crippen LogP contribution in [0.2, 0.25) is 0 Å². The fourth-order valence-electron chi connectivity index (χ4n) is 1.35. The SMILES string of the molecule is CCSC(=O)N(CC)CC1(C)CC1. The zero-order valence-electron chi connectivity index (χ0n) is 8.80. The minimum Gasteiger partial charge on any atom is -0.333 e. The minimum absolute atomic E-state index is 0.248. The first-order valence-corrected chi connectivity index (χ1v) is 6.01. The molecule has 1 saturated carbocycles. The molecule has 1 rings (SSSR count). The maximum Gasteiger partial charge on any atom is 0.281 e. The molecular formula is C10H19NOS. The van der Waals surface area contributed by atoms with Crippen molar-refractivity contribution < 1.29 is 4.79 Å². The lowest BCUT2D eigenvalue weighted by Crippen LogP contribution is -2.32. The molecule has 0 heterocycles. The van der Waals surface area contributed by atoms with Gasteiger partial charge in [-0.2, -0.15) is 0 Å². The van der Waals surface area contributed by atoms with E-state index in [1.807, 2.05) is 11.8 Å². The summed E-state index contributed by atoms with van der Waals surface area (Å²) in [6.07, 6.45) is 2.57. The zero-order valence-corrected chi connectivity index (χ0v) is 9.62. The number of carbonyl (C=O) groups is 1. The molecule has 1 amide bonds. The second-order valence-corrected chi connectivity index (χ2v) is 5.24. The number of amides is 1. The first-order chi connectivity index (χ1) is 6.11. The molecule has 0 unspecified atom stereocenters. The molecule has 76 valence electrons. The molecule has 0 aromatic rings. The van der Waals surface area contributed by atoms with Gasteiger partial charge in [-0.3, -0.25) is 4.79 Å². The van der Waals surface area contributed by atoms with Crippen molar-refractivity contribution in [2.24, 2.45) is 5.41 Å². The van der Waals surface area contributed by atoms with Crippen LogP contribution in [0, 0.1) is 5.41 Å². The van der Waals surface area contributed by atoms with Crippen LogP contribution >= 0.6 is 11.8 Å². The van der Waals surface area contributed by atoms with E-state index in [1.54, 1.807) is 0 Å². The molecule has 0 radical (unpaired) electrons. The molecule has 1 aliphatic carbocycles. The maximum absolute atomic E-state index is 11.6. The van der Waals surface area contributed by atoms with E-state index in [9.17, 15) is 4.79 Å². The van der Waals surface area contributed by atoms with Gasteiger partial charge in [0.15, 0.2) is 0 Å². The van der Waals surface area contributed by atoms with Gasteiger partial charge < -0.3 is 4.90 Å². The summed E-state index contributed by atoms with van der Waals surface area (Å²) < 4.78 is 0. The van der Waals surface area contributed by atoms with Crippen molar-refractivity contribution in [1.29, 1.82) is 0 Å². The fraction of sp³-hybridized carbons (Fsp3) is 0.900. The third kappa shape index (κ3) is 3.22. The van der Waals surface area contributed by atoms with Crippen LogP contribution in [0.5, 0.6) is 0 Å². The van der Waals surface area contributed by atoms with Crippen LogP contribution in [0.4, 0.5) is 4.79 Å². The first kappa shape index (κ1) is 10.9. The molecule has 0 aromatic heterocycles. The highest BCUT2D eigenvalue weighted by atomic mass is 32.2. The summed E-state index contributed by atoms with van der Waals surface area (Å²) in [5.41, 5.74) is 0.444. The Hall–Kier alpha value is -0.180. The third-order valence-corrected chi connectivity index (χ3v) is 3.38. The monoisotopic (exact) mass is 201 g/mol. The van der Waals surface area contributed by atoms with Crippen molar-refractivity contribution in [3.63, 3.8) is 0 Å². The van der Waals surface area contributed by atoms with Crippen LogP contribution in [-0.2, 0) is 0 Å². The van der Waals surface area contributed by atoms with Crippen LogP contribution in [0.25, 0.3) is 0 Å². The molecule has 0 saturated heterocycles. The van der Waals surface area contributed by atoms with E-state index in [0.29, 0.717) is 5.41 Å². The van der Waals surface area contributed by atoms with Gasteiger partial charge in [0, 0.05) is 13.1 Å². The number of hydrogen-bond acceptors (Lipinski definition) is 2. The summed E-state index contributed by atoms with van der Waals surface area (Å²) in [6.45, 7) is 8.14. The summed E-state index contributed by atoms with van der Waals surface area (Å²) in [7, 11) is 0. The fourth-order valence-corrected chi connectivity index (χ4v) is 1.98. The molecule has 0 atom stereocenters. The Morgan fingerprint density at radius 3 is 2.46 bits per heavy atom. The summed E-state index contributed by atoms with van der Waals surface area (Å²) in [5, 5.41) is 0.248. The molecular weight excluding hydrogens is 182 g/mol. The summed E-state index contributed by atoms with van der Waals surface area (Å²) in [6, 6.07) is 0. The van der Waals surface area contributed by atoms with Crippen molar-refractivity contribution in [2.75, 3.05) is 18.8 Å². The molecule has 3 heteroatoms. The Labute approximate surface area is 85.1 Å². The molecule has 0 aliphatic heterocycles. The molecule has 0 aromatic carbocycles. The molecule has 0 spiro atoms. The van der Waals surface area contributed by atoms with E-state index >= 15 is 0 Å². The second-order valence-electron chi connectivity index (χ2n) is 4.02. The van der Waals surface area contributed by atoms with Gasteiger partial charge in [0.1, 0.15) is 0 Å². The molecule has 1 fully saturated rings. The highest BCUT2D eigenvalue weighted by Gasteiger charge is 2.39. The smallest absolute Gasteiger partial charge is 0.281 e. The Balaban J connectivity index is 2.37. The van der Waals surface area contributed by atoms with Gasteiger partial charge in [-0.05, 0) is 30.9 Å². The van der Waals surface area contributed by atoms with E-state index in [0.717, 1.165) is 18.8 Å². The van der Waals surface area contributed by atoms with E-state index in [2.05, 4.69) is 13.8 Å². The van der Waals surface area contributed by atoms with Crippen LogP contribution in [0.15, 0.2) is 0 Å². The summed E-state index contributed by atoms with van der Waals surface area (Å²) in [5.74, 6) is 0.881. The lowest BCUT2D eigenvalue weighted by molar-refractivity contribution is 0.214. The molecule has 1 aliphatic rings. The second kappa shape index (κ2) is 4.36. The maximum atomic E-state index is 11.6. The Morgan fingerprint density at radius 2 is 2.08 bits per heavy atom. The number of thioether (sulfide) groups is 1. The largest absolute Gasteiger partial charge is 0.333 e. The van der Waals surface area contributed by atoms with Crippen molar-refractivity contribution in [2.45, 2.75) is 33.6 Å². The van der Waals surface area contributed by atoms with Crippen molar-refractivity contribution in [3.8, 4) is 0 Å². The summed E-state index contributed by atoms with van der Waals surface area (Å²) in [4.78, 5) is 13.5. The number of rotatable bonds is 4. The molecule has 13 heavy (non-hydrogen) atoms. The predicted octanol–water partition coefficient (Wildman–Crippen LogP) is 2.98. The Kier molecular flexibility index (Phi) is 3.65. The van der Waals surface area contributed by atoms with Gasteiger partial charge in [-0.1, -0.05) is 25.6 Å². The van der Waals surface area contributed by atoms with Crippen LogP contribution in [0.1, 0.15) is 33.6 Å². The lowest BCUT2D eigenvalue weighted by atomic mass is 10.1. The predicted molar refractivity (Wildman–Crippen MR) is 58.1 cm³/mol.